The first-order chi connectivity index (χ1) is 12.7. The van der Waals surface area contributed by atoms with Crippen molar-refractivity contribution in [3.63, 3.8) is 0 Å². The summed E-state index contributed by atoms with van der Waals surface area (Å²) in [6.07, 6.45) is 0. The molecular weight excluding hydrogens is 342 g/mol. The molecule has 2 rings (SSSR count). The normalized spacial score (nSPS) is 12.2. The van der Waals surface area contributed by atoms with Gasteiger partial charge in [0.2, 0.25) is 0 Å². The van der Waals surface area contributed by atoms with Crippen LogP contribution in [0.25, 0.3) is 0 Å². The van der Waals surface area contributed by atoms with Crippen LogP contribution in [0.3, 0.4) is 0 Å². The Kier molecular flexibility index (Phi) is 6.61. The maximum Gasteiger partial charge on any atom is 0.338 e. The molecule has 0 aliphatic heterocycles. The number of esters is 1. The average Bonchev–Trinajstić information content (AvgIpc) is 2.65. The summed E-state index contributed by atoms with van der Waals surface area (Å²) in [5.74, 6) is -0.107. The molecule has 0 unspecified atom stereocenters. The Morgan fingerprint density at radius 1 is 1.00 bits per heavy atom. The molecule has 2 aromatic carbocycles. The van der Waals surface area contributed by atoms with Gasteiger partial charge in [0.05, 0.1) is 18.7 Å². The zero-order valence-corrected chi connectivity index (χ0v) is 16.5. The van der Waals surface area contributed by atoms with Gasteiger partial charge in [0.15, 0.2) is 6.61 Å². The number of benzene rings is 2. The van der Waals surface area contributed by atoms with Gasteiger partial charge >= 0.3 is 5.97 Å². The zero-order valence-electron chi connectivity index (χ0n) is 16.5. The van der Waals surface area contributed by atoms with Crippen molar-refractivity contribution in [3.8, 4) is 5.75 Å². The Labute approximate surface area is 160 Å². The molecule has 0 aliphatic rings. The summed E-state index contributed by atoms with van der Waals surface area (Å²) >= 11 is 0. The molecule has 5 nitrogen and oxygen atoms in total. The number of amides is 1. The molecule has 0 saturated carbocycles. The van der Waals surface area contributed by atoms with E-state index in [1.807, 2.05) is 43.3 Å². The van der Waals surface area contributed by atoms with E-state index in [2.05, 4.69) is 26.1 Å². The highest BCUT2D eigenvalue weighted by Crippen LogP contribution is 2.22. The molecule has 1 amide bonds. The van der Waals surface area contributed by atoms with E-state index in [0.717, 1.165) is 16.9 Å². The van der Waals surface area contributed by atoms with Crippen LogP contribution < -0.4 is 10.1 Å². The van der Waals surface area contributed by atoms with Gasteiger partial charge < -0.3 is 14.8 Å². The van der Waals surface area contributed by atoms with Crippen molar-refractivity contribution < 1.29 is 19.1 Å². The number of carbonyl (C=O) groups is 2. The van der Waals surface area contributed by atoms with Crippen LogP contribution in [0.5, 0.6) is 5.75 Å². The molecular formula is C22H27NO4. The second kappa shape index (κ2) is 8.71. The van der Waals surface area contributed by atoms with E-state index in [1.165, 1.54) is 0 Å². The minimum Gasteiger partial charge on any atom is -0.497 e. The number of carbonyl (C=O) groups excluding carboxylic acids is 2. The quantitative estimate of drug-likeness (QED) is 0.781. The lowest BCUT2D eigenvalue weighted by Gasteiger charge is -2.19. The maximum atomic E-state index is 12.1. The van der Waals surface area contributed by atoms with Crippen LogP contribution in [-0.4, -0.2) is 25.6 Å². The van der Waals surface area contributed by atoms with Crippen LogP contribution in [-0.2, 0) is 14.9 Å². The van der Waals surface area contributed by atoms with Crippen molar-refractivity contribution in [2.45, 2.75) is 39.2 Å². The summed E-state index contributed by atoms with van der Waals surface area (Å²) < 4.78 is 10.2. The summed E-state index contributed by atoms with van der Waals surface area (Å²) in [6.45, 7) is 7.87. The van der Waals surface area contributed by atoms with E-state index in [1.54, 1.807) is 19.2 Å². The van der Waals surface area contributed by atoms with Crippen LogP contribution in [0.1, 0.15) is 55.2 Å². The molecule has 1 N–H and O–H groups in total. The van der Waals surface area contributed by atoms with E-state index in [9.17, 15) is 9.59 Å². The fraction of sp³-hybridized carbons (Fsp3) is 0.364. The van der Waals surface area contributed by atoms with Crippen molar-refractivity contribution in [2.75, 3.05) is 13.7 Å². The van der Waals surface area contributed by atoms with Gasteiger partial charge in [-0.2, -0.15) is 0 Å². The van der Waals surface area contributed by atoms with Crippen molar-refractivity contribution >= 4 is 11.9 Å². The summed E-state index contributed by atoms with van der Waals surface area (Å²) in [7, 11) is 1.60. The minimum absolute atomic E-state index is 0.0138. The molecule has 0 heterocycles. The van der Waals surface area contributed by atoms with Gasteiger partial charge in [-0.05, 0) is 47.7 Å². The molecule has 1 atom stereocenters. The van der Waals surface area contributed by atoms with E-state index in [4.69, 9.17) is 9.47 Å². The van der Waals surface area contributed by atoms with Gasteiger partial charge in [0.25, 0.3) is 5.91 Å². The highest BCUT2D eigenvalue weighted by molar-refractivity contribution is 5.91. The standard InChI is InChI=1S/C22H27NO4/c1-15(16-8-12-19(26-5)13-9-16)23-20(24)14-27-21(25)17-6-10-18(11-7-17)22(2,3)4/h6-13,15H,14H2,1-5H3,(H,23,24)/t15-/m0/s1. The van der Waals surface area contributed by atoms with Gasteiger partial charge in [-0.1, -0.05) is 45.0 Å². The average molecular weight is 369 g/mol. The van der Waals surface area contributed by atoms with Crippen LogP contribution in [0.2, 0.25) is 0 Å². The van der Waals surface area contributed by atoms with Gasteiger partial charge in [0.1, 0.15) is 5.75 Å². The Hall–Kier alpha value is -2.82. The molecule has 0 aromatic heterocycles. The third-order valence-electron chi connectivity index (χ3n) is 4.31. The second-order valence-electron chi connectivity index (χ2n) is 7.47. The fourth-order valence-corrected chi connectivity index (χ4v) is 2.58. The summed E-state index contributed by atoms with van der Waals surface area (Å²) in [5, 5.41) is 2.81. The highest BCUT2D eigenvalue weighted by Gasteiger charge is 2.16. The predicted octanol–water partition coefficient (Wildman–Crippen LogP) is 4.03. The smallest absolute Gasteiger partial charge is 0.338 e. The minimum atomic E-state index is -0.511. The monoisotopic (exact) mass is 369 g/mol. The third kappa shape index (κ3) is 5.84. The zero-order chi connectivity index (χ0) is 20.0. The lowest BCUT2D eigenvalue weighted by molar-refractivity contribution is -0.124. The number of rotatable bonds is 6. The third-order valence-corrected chi connectivity index (χ3v) is 4.31. The van der Waals surface area contributed by atoms with Crippen molar-refractivity contribution in [3.05, 3.63) is 65.2 Å². The van der Waals surface area contributed by atoms with E-state index >= 15 is 0 Å². The predicted molar refractivity (Wildman–Crippen MR) is 105 cm³/mol. The van der Waals surface area contributed by atoms with Crippen LogP contribution >= 0.6 is 0 Å². The molecule has 0 fully saturated rings. The number of hydrogen-bond acceptors (Lipinski definition) is 4. The van der Waals surface area contributed by atoms with Gasteiger partial charge in [-0.3, -0.25) is 4.79 Å². The summed E-state index contributed by atoms with van der Waals surface area (Å²) in [5.41, 5.74) is 2.51. The Bertz CT molecular complexity index is 773. The molecule has 0 saturated heterocycles. The largest absolute Gasteiger partial charge is 0.497 e. The Morgan fingerprint density at radius 2 is 1.59 bits per heavy atom. The van der Waals surface area contributed by atoms with Crippen LogP contribution in [0, 0.1) is 0 Å². The van der Waals surface area contributed by atoms with Crippen molar-refractivity contribution in [1.82, 2.24) is 5.32 Å². The lowest BCUT2D eigenvalue weighted by Crippen LogP contribution is -2.31. The molecule has 2 aromatic rings. The highest BCUT2D eigenvalue weighted by atomic mass is 16.5. The molecule has 144 valence electrons. The van der Waals surface area contributed by atoms with Gasteiger partial charge in [-0.25, -0.2) is 4.79 Å². The maximum absolute atomic E-state index is 12.1. The first-order valence-corrected chi connectivity index (χ1v) is 8.91. The number of nitrogens with one attached hydrogen (secondary N) is 1. The number of ether oxygens (including phenoxy) is 2. The summed E-state index contributed by atoms with van der Waals surface area (Å²) in [4.78, 5) is 24.2. The first kappa shape index (κ1) is 20.5. The number of hydrogen-bond donors (Lipinski definition) is 1. The van der Waals surface area contributed by atoms with E-state index in [0.29, 0.717) is 5.56 Å². The molecule has 0 bridgehead atoms. The molecule has 0 aliphatic carbocycles. The Balaban J connectivity index is 1.86. The van der Waals surface area contributed by atoms with E-state index in [-0.39, 0.29) is 24.0 Å². The fourth-order valence-electron chi connectivity index (χ4n) is 2.58. The molecule has 27 heavy (non-hydrogen) atoms. The SMILES string of the molecule is COc1ccc([C@H](C)NC(=O)COC(=O)c2ccc(C(C)(C)C)cc2)cc1. The molecule has 0 radical (unpaired) electrons. The second-order valence-corrected chi connectivity index (χ2v) is 7.47. The van der Waals surface area contributed by atoms with Gasteiger partial charge in [0, 0.05) is 0 Å². The van der Waals surface area contributed by atoms with Crippen LogP contribution in [0.15, 0.2) is 48.5 Å². The van der Waals surface area contributed by atoms with Crippen LogP contribution in [0.4, 0.5) is 0 Å². The Morgan fingerprint density at radius 3 is 2.11 bits per heavy atom. The first-order valence-electron chi connectivity index (χ1n) is 8.91. The topological polar surface area (TPSA) is 64.6 Å². The lowest BCUT2D eigenvalue weighted by atomic mass is 9.87. The van der Waals surface area contributed by atoms with Gasteiger partial charge in [-0.15, -0.1) is 0 Å². The van der Waals surface area contributed by atoms with E-state index < -0.39 is 5.97 Å². The number of methoxy groups -OCH3 is 1. The van der Waals surface area contributed by atoms with Crippen molar-refractivity contribution in [2.24, 2.45) is 0 Å². The summed E-state index contributed by atoms with van der Waals surface area (Å²) in [6, 6.07) is 14.5. The molecule has 5 heteroatoms. The van der Waals surface area contributed by atoms with Crippen molar-refractivity contribution in [1.29, 1.82) is 0 Å². The molecule has 0 spiro atoms.